The highest BCUT2D eigenvalue weighted by molar-refractivity contribution is 7.20. The van der Waals surface area contributed by atoms with Crippen molar-refractivity contribution in [1.82, 2.24) is 4.98 Å². The zero-order valence-corrected chi connectivity index (χ0v) is 11.7. The second-order valence-electron chi connectivity index (χ2n) is 4.55. The Labute approximate surface area is 120 Å². The summed E-state index contributed by atoms with van der Waals surface area (Å²) in [6.07, 6.45) is 1.68. The van der Waals surface area contributed by atoms with Crippen molar-refractivity contribution in [2.75, 3.05) is 11.1 Å². The quantitative estimate of drug-likeness (QED) is 0.708. The lowest BCUT2D eigenvalue weighted by atomic mass is 10.2. The molecular weight excluding hydrogens is 270 g/mol. The summed E-state index contributed by atoms with van der Waals surface area (Å²) < 4.78 is 1.05. The van der Waals surface area contributed by atoms with Gasteiger partial charge in [-0.05, 0) is 48.7 Å². The van der Waals surface area contributed by atoms with Crippen molar-refractivity contribution < 1.29 is 4.79 Å². The molecule has 0 saturated carbocycles. The highest BCUT2D eigenvalue weighted by Crippen LogP contribution is 2.27. The lowest BCUT2D eigenvalue weighted by molar-refractivity contribution is 0.103. The maximum atomic E-state index is 12.2. The summed E-state index contributed by atoms with van der Waals surface area (Å²) in [5.41, 5.74) is 8.06. The Morgan fingerprint density at radius 2 is 2.10 bits per heavy atom. The number of carbonyl (C=O) groups is 1. The summed E-state index contributed by atoms with van der Waals surface area (Å²) in [6.45, 7) is 1.89. The van der Waals surface area contributed by atoms with Gasteiger partial charge < -0.3 is 11.1 Å². The van der Waals surface area contributed by atoms with Gasteiger partial charge in [-0.1, -0.05) is 0 Å². The minimum Gasteiger partial charge on any atom is -0.399 e. The number of aromatic nitrogens is 1. The second kappa shape index (κ2) is 4.94. The van der Waals surface area contributed by atoms with E-state index in [1.165, 1.54) is 11.3 Å². The molecule has 0 bridgehead atoms. The lowest BCUT2D eigenvalue weighted by Gasteiger charge is -2.03. The Bertz CT molecular complexity index is 795. The van der Waals surface area contributed by atoms with Gasteiger partial charge >= 0.3 is 0 Å². The van der Waals surface area contributed by atoms with Crippen LogP contribution in [0.15, 0.2) is 42.6 Å². The van der Waals surface area contributed by atoms with Crippen LogP contribution < -0.4 is 11.1 Å². The Hall–Kier alpha value is -2.40. The van der Waals surface area contributed by atoms with E-state index in [2.05, 4.69) is 10.3 Å². The summed E-state index contributed by atoms with van der Waals surface area (Å²) in [5.74, 6) is -0.115. The average molecular weight is 283 g/mol. The molecule has 0 radical (unpaired) electrons. The fourth-order valence-electron chi connectivity index (χ4n) is 1.99. The molecule has 20 heavy (non-hydrogen) atoms. The first-order valence-electron chi connectivity index (χ1n) is 6.15. The van der Waals surface area contributed by atoms with E-state index >= 15 is 0 Å². The Morgan fingerprint density at radius 3 is 2.90 bits per heavy atom. The van der Waals surface area contributed by atoms with E-state index in [4.69, 9.17) is 5.73 Å². The Morgan fingerprint density at radius 1 is 1.25 bits per heavy atom. The maximum absolute atomic E-state index is 12.2. The van der Waals surface area contributed by atoms with Crippen molar-refractivity contribution in [2.24, 2.45) is 0 Å². The third kappa shape index (κ3) is 2.48. The molecule has 1 aromatic carbocycles. The SMILES string of the molecule is Cc1cc(NC(=O)c2cc3cc(N)ccc3s2)ccn1. The van der Waals surface area contributed by atoms with Crippen molar-refractivity contribution in [3.05, 3.63) is 53.2 Å². The van der Waals surface area contributed by atoms with E-state index in [-0.39, 0.29) is 5.91 Å². The number of amides is 1. The first-order valence-corrected chi connectivity index (χ1v) is 6.96. The van der Waals surface area contributed by atoms with Crippen LogP contribution in [-0.4, -0.2) is 10.9 Å². The third-order valence-electron chi connectivity index (χ3n) is 2.92. The van der Waals surface area contributed by atoms with E-state index < -0.39 is 0 Å². The number of hydrogen-bond acceptors (Lipinski definition) is 4. The Kier molecular flexibility index (Phi) is 3.12. The van der Waals surface area contributed by atoms with Gasteiger partial charge in [-0.3, -0.25) is 9.78 Å². The third-order valence-corrected chi connectivity index (χ3v) is 4.03. The molecule has 0 fully saturated rings. The van der Waals surface area contributed by atoms with Crippen LogP contribution in [-0.2, 0) is 0 Å². The zero-order chi connectivity index (χ0) is 14.1. The molecule has 0 aliphatic rings. The molecule has 5 heteroatoms. The van der Waals surface area contributed by atoms with Gasteiger partial charge in [0.25, 0.3) is 5.91 Å². The molecule has 3 aromatic rings. The van der Waals surface area contributed by atoms with Gasteiger partial charge in [-0.2, -0.15) is 0 Å². The molecule has 0 spiro atoms. The predicted octanol–water partition coefficient (Wildman–Crippen LogP) is 3.44. The van der Waals surface area contributed by atoms with E-state index in [0.29, 0.717) is 10.6 Å². The van der Waals surface area contributed by atoms with Crippen molar-refractivity contribution in [2.45, 2.75) is 6.92 Å². The predicted molar refractivity (Wildman–Crippen MR) is 83.2 cm³/mol. The van der Waals surface area contributed by atoms with E-state index in [1.807, 2.05) is 37.3 Å². The first kappa shape index (κ1) is 12.6. The molecule has 2 aromatic heterocycles. The average Bonchev–Trinajstić information content (AvgIpc) is 2.81. The van der Waals surface area contributed by atoms with Crippen molar-refractivity contribution >= 4 is 38.7 Å². The number of nitrogen functional groups attached to an aromatic ring is 1. The molecule has 100 valence electrons. The highest BCUT2D eigenvalue weighted by atomic mass is 32.1. The summed E-state index contributed by atoms with van der Waals surface area (Å²) in [4.78, 5) is 17.0. The van der Waals surface area contributed by atoms with Crippen LogP contribution in [0.1, 0.15) is 15.4 Å². The number of hydrogen-bond donors (Lipinski definition) is 2. The van der Waals surface area contributed by atoms with Crippen LogP contribution in [0.2, 0.25) is 0 Å². The summed E-state index contributed by atoms with van der Waals surface area (Å²) in [6, 6.07) is 11.1. The monoisotopic (exact) mass is 283 g/mol. The Balaban J connectivity index is 1.88. The van der Waals surface area contributed by atoms with Crippen molar-refractivity contribution in [1.29, 1.82) is 0 Å². The number of carbonyl (C=O) groups excluding carboxylic acids is 1. The number of nitrogens with zero attached hydrogens (tertiary/aromatic N) is 1. The smallest absolute Gasteiger partial charge is 0.265 e. The molecule has 0 saturated heterocycles. The number of nitrogens with one attached hydrogen (secondary N) is 1. The fraction of sp³-hybridized carbons (Fsp3) is 0.0667. The molecule has 0 aliphatic carbocycles. The zero-order valence-electron chi connectivity index (χ0n) is 10.9. The molecular formula is C15H13N3OS. The van der Waals surface area contributed by atoms with Crippen LogP contribution in [0.4, 0.5) is 11.4 Å². The molecule has 3 N–H and O–H groups in total. The van der Waals surface area contributed by atoms with Crippen molar-refractivity contribution in [3.63, 3.8) is 0 Å². The number of thiophene rings is 1. The number of benzene rings is 1. The standard InChI is InChI=1S/C15H13N3OS/c1-9-6-12(4-5-17-9)18-15(19)14-8-10-7-11(16)2-3-13(10)20-14/h2-8H,16H2,1H3,(H,17,18,19). The van der Waals surface area contributed by atoms with E-state index in [9.17, 15) is 4.79 Å². The van der Waals surface area contributed by atoms with Crippen LogP contribution in [0.25, 0.3) is 10.1 Å². The molecule has 4 nitrogen and oxygen atoms in total. The van der Waals surface area contributed by atoms with Gasteiger partial charge in [0.15, 0.2) is 0 Å². The van der Waals surface area contributed by atoms with Gasteiger partial charge in [0.2, 0.25) is 0 Å². The summed E-state index contributed by atoms with van der Waals surface area (Å²) >= 11 is 1.45. The fourth-order valence-corrected chi connectivity index (χ4v) is 2.93. The lowest BCUT2D eigenvalue weighted by Crippen LogP contribution is -2.10. The number of nitrogens with two attached hydrogens (primary N) is 1. The van der Waals surface area contributed by atoms with E-state index in [0.717, 1.165) is 21.5 Å². The van der Waals surface area contributed by atoms with Crippen LogP contribution in [0, 0.1) is 6.92 Å². The topological polar surface area (TPSA) is 68.0 Å². The largest absolute Gasteiger partial charge is 0.399 e. The number of rotatable bonds is 2. The number of fused-ring (bicyclic) bond motifs is 1. The van der Waals surface area contributed by atoms with Crippen molar-refractivity contribution in [3.8, 4) is 0 Å². The number of pyridine rings is 1. The summed E-state index contributed by atoms with van der Waals surface area (Å²) in [5, 5.41) is 3.87. The molecule has 1 amide bonds. The van der Waals surface area contributed by atoms with Gasteiger partial charge in [0.1, 0.15) is 0 Å². The second-order valence-corrected chi connectivity index (χ2v) is 5.63. The van der Waals surface area contributed by atoms with Crippen LogP contribution >= 0.6 is 11.3 Å². The molecule has 0 atom stereocenters. The molecule has 0 unspecified atom stereocenters. The highest BCUT2D eigenvalue weighted by Gasteiger charge is 2.10. The van der Waals surface area contributed by atoms with E-state index in [1.54, 1.807) is 12.3 Å². The van der Waals surface area contributed by atoms with Crippen LogP contribution in [0.3, 0.4) is 0 Å². The van der Waals surface area contributed by atoms with Gasteiger partial charge in [-0.25, -0.2) is 0 Å². The molecule has 3 rings (SSSR count). The van der Waals surface area contributed by atoms with Gasteiger partial charge in [0, 0.05) is 28.0 Å². The molecule has 0 aliphatic heterocycles. The van der Waals surface area contributed by atoms with Gasteiger partial charge in [0.05, 0.1) is 4.88 Å². The summed E-state index contributed by atoms with van der Waals surface area (Å²) in [7, 11) is 0. The van der Waals surface area contributed by atoms with Gasteiger partial charge in [-0.15, -0.1) is 11.3 Å². The van der Waals surface area contributed by atoms with Crippen LogP contribution in [0.5, 0.6) is 0 Å². The normalized spacial score (nSPS) is 10.7. The minimum atomic E-state index is -0.115. The molecule has 2 heterocycles. The number of aryl methyl sites for hydroxylation is 1. The first-order chi connectivity index (χ1) is 9.61. The number of anilines is 2. The minimum absolute atomic E-state index is 0.115. The maximum Gasteiger partial charge on any atom is 0.265 e.